The zero-order valence-electron chi connectivity index (χ0n) is 12.3. The van der Waals surface area contributed by atoms with Gasteiger partial charge in [0.2, 0.25) is 0 Å². The summed E-state index contributed by atoms with van der Waals surface area (Å²) in [7, 11) is 0. The van der Waals surface area contributed by atoms with Gasteiger partial charge in [0.15, 0.2) is 0 Å². The third-order valence-corrected chi connectivity index (χ3v) is 3.14. The Morgan fingerprint density at radius 2 is 2.15 bits per heavy atom. The number of aryl methyl sites for hydroxylation is 1. The molecule has 112 valence electrons. The number of amides is 1. The molecule has 0 aliphatic carbocycles. The van der Waals surface area contributed by atoms with Crippen molar-refractivity contribution in [2.45, 2.75) is 40.2 Å². The van der Waals surface area contributed by atoms with Gasteiger partial charge in [0, 0.05) is 25.8 Å². The molecule has 0 aliphatic rings. The molecule has 0 radical (unpaired) electrons. The van der Waals surface area contributed by atoms with Crippen LogP contribution in [0.4, 0.5) is 0 Å². The summed E-state index contributed by atoms with van der Waals surface area (Å²) in [5.41, 5.74) is -0.0973. The van der Waals surface area contributed by atoms with E-state index in [0.29, 0.717) is 13.1 Å². The number of nitrogens with one attached hydrogen (secondary N) is 1. The summed E-state index contributed by atoms with van der Waals surface area (Å²) < 4.78 is 1.25. The van der Waals surface area contributed by atoms with Crippen LogP contribution in [0.25, 0.3) is 0 Å². The second-order valence-corrected chi connectivity index (χ2v) is 5.55. The first kappa shape index (κ1) is 16.4. The molecule has 2 N–H and O–H groups in total. The van der Waals surface area contributed by atoms with E-state index in [1.807, 2.05) is 13.8 Å². The molecule has 0 aliphatic heterocycles. The molecule has 0 spiro atoms. The summed E-state index contributed by atoms with van der Waals surface area (Å²) in [5, 5.41) is 15.9. The number of nitrogens with zero attached hydrogens (tertiary/aromatic N) is 2. The number of carbonyl (C=O) groups excluding carboxylic acids is 1. The predicted molar refractivity (Wildman–Crippen MR) is 76.6 cm³/mol. The highest BCUT2D eigenvalue weighted by Gasteiger charge is 2.16. The van der Waals surface area contributed by atoms with E-state index >= 15 is 0 Å². The number of hydrogen-bond acceptors (Lipinski definition) is 4. The highest BCUT2D eigenvalue weighted by Crippen LogP contribution is 2.20. The molecule has 20 heavy (non-hydrogen) atoms. The Bertz CT molecular complexity index is 509. The van der Waals surface area contributed by atoms with E-state index in [1.54, 1.807) is 6.92 Å². The summed E-state index contributed by atoms with van der Waals surface area (Å²) in [5.74, 6) is -0.283. The molecule has 1 heterocycles. The van der Waals surface area contributed by atoms with Gasteiger partial charge in [-0.3, -0.25) is 9.59 Å². The average molecular weight is 281 g/mol. The first-order chi connectivity index (χ1) is 9.39. The minimum Gasteiger partial charge on any atom is -0.396 e. The lowest BCUT2D eigenvalue weighted by atomic mass is 9.89. The van der Waals surface area contributed by atoms with Crippen molar-refractivity contribution in [3.63, 3.8) is 0 Å². The van der Waals surface area contributed by atoms with Crippen molar-refractivity contribution in [2.75, 3.05) is 13.2 Å². The fraction of sp³-hybridized carbons (Fsp3) is 0.643. The molecular weight excluding hydrogens is 258 g/mol. The van der Waals surface area contributed by atoms with E-state index in [2.05, 4.69) is 10.4 Å². The number of aromatic nitrogens is 2. The Morgan fingerprint density at radius 1 is 1.45 bits per heavy atom. The molecule has 1 amide bonds. The highest BCUT2D eigenvalue weighted by molar-refractivity contribution is 5.91. The van der Waals surface area contributed by atoms with E-state index in [4.69, 9.17) is 5.11 Å². The van der Waals surface area contributed by atoms with Gasteiger partial charge in [0.1, 0.15) is 5.69 Å². The van der Waals surface area contributed by atoms with Gasteiger partial charge in [0.05, 0.1) is 0 Å². The Balaban J connectivity index is 2.49. The zero-order chi connectivity index (χ0) is 15.2. The Hall–Kier alpha value is -1.69. The molecule has 0 fully saturated rings. The fourth-order valence-electron chi connectivity index (χ4n) is 1.74. The summed E-state index contributed by atoms with van der Waals surface area (Å²) in [6.45, 7) is 6.85. The van der Waals surface area contributed by atoms with Crippen LogP contribution in [0, 0.1) is 5.41 Å². The van der Waals surface area contributed by atoms with Gasteiger partial charge in [-0.1, -0.05) is 13.8 Å². The minimum absolute atomic E-state index is 0.127. The Morgan fingerprint density at radius 3 is 2.75 bits per heavy atom. The van der Waals surface area contributed by atoms with E-state index in [0.717, 1.165) is 12.8 Å². The first-order valence-corrected chi connectivity index (χ1v) is 6.87. The van der Waals surface area contributed by atoms with Crippen molar-refractivity contribution in [2.24, 2.45) is 5.41 Å². The van der Waals surface area contributed by atoms with Gasteiger partial charge >= 0.3 is 0 Å². The lowest BCUT2D eigenvalue weighted by Crippen LogP contribution is -2.30. The molecule has 0 saturated heterocycles. The highest BCUT2D eigenvalue weighted by atomic mass is 16.3. The van der Waals surface area contributed by atoms with Crippen LogP contribution < -0.4 is 10.9 Å². The van der Waals surface area contributed by atoms with Crippen molar-refractivity contribution in [3.05, 3.63) is 28.2 Å². The third kappa shape index (κ3) is 4.77. The van der Waals surface area contributed by atoms with Crippen molar-refractivity contribution in [3.8, 4) is 0 Å². The number of hydrogen-bond donors (Lipinski definition) is 2. The maximum Gasteiger partial charge on any atom is 0.271 e. The Kier molecular flexibility index (Phi) is 5.88. The summed E-state index contributed by atoms with van der Waals surface area (Å²) in [6, 6.07) is 2.78. The lowest BCUT2D eigenvalue weighted by molar-refractivity contribution is 0.0941. The largest absolute Gasteiger partial charge is 0.396 e. The van der Waals surface area contributed by atoms with Crippen molar-refractivity contribution < 1.29 is 9.90 Å². The molecule has 1 aromatic heterocycles. The maximum absolute atomic E-state index is 11.9. The SMILES string of the molecule is CCn1nc(C(=O)NCCCC(C)(C)CO)ccc1=O. The van der Waals surface area contributed by atoms with Crippen LogP contribution in [0.15, 0.2) is 16.9 Å². The molecule has 1 aromatic rings. The smallest absolute Gasteiger partial charge is 0.271 e. The Labute approximate surface area is 118 Å². The van der Waals surface area contributed by atoms with Crippen LogP contribution in [0.2, 0.25) is 0 Å². The van der Waals surface area contributed by atoms with E-state index in [9.17, 15) is 9.59 Å². The van der Waals surface area contributed by atoms with Gasteiger partial charge in [-0.15, -0.1) is 0 Å². The predicted octanol–water partition coefficient (Wildman–Crippen LogP) is 0.792. The lowest BCUT2D eigenvalue weighted by Gasteiger charge is -2.21. The van der Waals surface area contributed by atoms with Crippen molar-refractivity contribution >= 4 is 5.91 Å². The van der Waals surface area contributed by atoms with Gasteiger partial charge in [0.25, 0.3) is 11.5 Å². The normalized spacial score (nSPS) is 11.4. The van der Waals surface area contributed by atoms with Crippen LogP contribution in [0.1, 0.15) is 44.1 Å². The number of rotatable bonds is 7. The number of aliphatic hydroxyl groups is 1. The van der Waals surface area contributed by atoms with Crippen molar-refractivity contribution in [1.82, 2.24) is 15.1 Å². The van der Waals surface area contributed by atoms with Gasteiger partial charge in [-0.25, -0.2) is 4.68 Å². The van der Waals surface area contributed by atoms with Crippen LogP contribution in [0.3, 0.4) is 0 Å². The van der Waals surface area contributed by atoms with E-state index < -0.39 is 0 Å². The molecular formula is C14H23N3O3. The molecule has 0 aromatic carbocycles. The fourth-order valence-corrected chi connectivity index (χ4v) is 1.74. The van der Waals surface area contributed by atoms with Crippen LogP contribution in [0.5, 0.6) is 0 Å². The minimum atomic E-state index is -0.283. The molecule has 0 saturated carbocycles. The maximum atomic E-state index is 11.9. The van der Waals surface area contributed by atoms with Gasteiger partial charge in [-0.05, 0) is 31.2 Å². The van der Waals surface area contributed by atoms with Gasteiger partial charge in [-0.2, -0.15) is 5.10 Å². The first-order valence-electron chi connectivity index (χ1n) is 6.87. The average Bonchev–Trinajstić information content (AvgIpc) is 2.44. The zero-order valence-corrected chi connectivity index (χ0v) is 12.3. The number of carbonyl (C=O) groups is 1. The topological polar surface area (TPSA) is 84.2 Å². The van der Waals surface area contributed by atoms with Crippen LogP contribution >= 0.6 is 0 Å². The summed E-state index contributed by atoms with van der Waals surface area (Å²) in [4.78, 5) is 23.3. The molecule has 6 nitrogen and oxygen atoms in total. The molecule has 1 rings (SSSR count). The van der Waals surface area contributed by atoms with Crippen LogP contribution in [-0.4, -0.2) is 33.9 Å². The summed E-state index contributed by atoms with van der Waals surface area (Å²) in [6.07, 6.45) is 1.61. The molecule has 0 bridgehead atoms. The molecule has 0 atom stereocenters. The monoisotopic (exact) mass is 281 g/mol. The van der Waals surface area contributed by atoms with Gasteiger partial charge < -0.3 is 10.4 Å². The quantitative estimate of drug-likeness (QED) is 0.724. The second kappa shape index (κ2) is 7.19. The van der Waals surface area contributed by atoms with E-state index in [-0.39, 0.29) is 29.2 Å². The summed E-state index contributed by atoms with van der Waals surface area (Å²) >= 11 is 0. The third-order valence-electron chi connectivity index (χ3n) is 3.14. The molecule has 0 unspecified atom stereocenters. The number of aliphatic hydroxyl groups excluding tert-OH is 1. The second-order valence-electron chi connectivity index (χ2n) is 5.55. The van der Waals surface area contributed by atoms with E-state index in [1.165, 1.54) is 16.8 Å². The molecule has 6 heteroatoms. The van der Waals surface area contributed by atoms with Crippen molar-refractivity contribution in [1.29, 1.82) is 0 Å². The standard InChI is InChI=1S/C14H23N3O3/c1-4-17-12(19)7-6-11(16-17)13(20)15-9-5-8-14(2,3)10-18/h6-7,18H,4-5,8-10H2,1-3H3,(H,15,20). The van der Waals surface area contributed by atoms with Crippen LogP contribution in [-0.2, 0) is 6.54 Å².